The zero-order valence-electron chi connectivity index (χ0n) is 35.5. The number of fused-ring (bicyclic) bond motifs is 9. The van der Waals surface area contributed by atoms with E-state index in [4.69, 9.17) is 0 Å². The van der Waals surface area contributed by atoms with Crippen molar-refractivity contribution in [1.29, 1.82) is 0 Å². The second-order valence-electron chi connectivity index (χ2n) is 18.1. The molecule has 0 saturated carbocycles. The number of anilines is 3. The Morgan fingerprint density at radius 2 is 0.871 bits per heavy atom. The molecule has 0 N–H and O–H groups in total. The molecule has 1 heterocycles. The maximum absolute atomic E-state index is 2.57. The summed E-state index contributed by atoms with van der Waals surface area (Å²) in [4.78, 5) is 2.57. The summed E-state index contributed by atoms with van der Waals surface area (Å²) < 4.78 is 2.42. The Morgan fingerprint density at radius 3 is 1.66 bits per heavy atom. The van der Waals surface area contributed by atoms with Crippen LogP contribution in [0.25, 0.3) is 72.0 Å². The van der Waals surface area contributed by atoms with Crippen LogP contribution in [-0.2, 0) is 10.8 Å². The fraction of sp³-hybridized carbons (Fsp3) is 0.100. The first kappa shape index (κ1) is 36.4. The van der Waals surface area contributed by atoms with Crippen molar-refractivity contribution in [3.05, 3.63) is 229 Å². The molecule has 0 aliphatic heterocycles. The molecule has 2 aliphatic carbocycles. The lowest BCUT2D eigenvalue weighted by Gasteiger charge is -2.32. The summed E-state index contributed by atoms with van der Waals surface area (Å²) in [5.41, 5.74) is 22.3. The van der Waals surface area contributed by atoms with Gasteiger partial charge in [0.1, 0.15) is 0 Å². The Labute approximate surface area is 364 Å². The normalized spacial score (nSPS) is 14.1. The van der Waals surface area contributed by atoms with E-state index in [1.165, 1.54) is 94.3 Å². The van der Waals surface area contributed by atoms with Gasteiger partial charge in [-0.25, -0.2) is 0 Å². The lowest BCUT2D eigenvalue weighted by Crippen LogP contribution is -2.16. The molecule has 0 spiro atoms. The molecule has 9 aromatic carbocycles. The van der Waals surface area contributed by atoms with Crippen molar-refractivity contribution in [2.24, 2.45) is 0 Å². The lowest BCUT2D eigenvalue weighted by atomic mass is 9.82. The molecular formula is C60H46N2. The third-order valence-corrected chi connectivity index (χ3v) is 14.0. The Kier molecular flexibility index (Phi) is 7.96. The molecule has 0 radical (unpaired) electrons. The van der Waals surface area contributed by atoms with Gasteiger partial charge in [-0.15, -0.1) is 0 Å². The van der Waals surface area contributed by atoms with Crippen molar-refractivity contribution in [3.63, 3.8) is 0 Å². The average Bonchev–Trinajstić information content (AvgIpc) is 3.87. The van der Waals surface area contributed by atoms with Crippen LogP contribution in [0.5, 0.6) is 0 Å². The molecule has 0 bridgehead atoms. The predicted molar refractivity (Wildman–Crippen MR) is 261 cm³/mol. The molecule has 2 aliphatic rings. The number of hydrogen-bond acceptors (Lipinski definition) is 1. The topological polar surface area (TPSA) is 8.17 Å². The summed E-state index contributed by atoms with van der Waals surface area (Å²) >= 11 is 0. The van der Waals surface area contributed by atoms with E-state index in [1.807, 2.05) is 0 Å². The molecule has 0 saturated heterocycles. The minimum atomic E-state index is -0.155. The third kappa shape index (κ3) is 5.16. The van der Waals surface area contributed by atoms with Gasteiger partial charge in [-0.3, -0.25) is 0 Å². The van der Waals surface area contributed by atoms with Crippen molar-refractivity contribution >= 4 is 38.9 Å². The number of benzene rings is 9. The van der Waals surface area contributed by atoms with Gasteiger partial charge in [0.2, 0.25) is 0 Å². The number of hydrogen-bond donors (Lipinski definition) is 0. The van der Waals surface area contributed by atoms with E-state index in [0.717, 1.165) is 17.1 Å². The van der Waals surface area contributed by atoms with Crippen LogP contribution in [0.1, 0.15) is 49.9 Å². The molecule has 0 unspecified atom stereocenters. The summed E-state index contributed by atoms with van der Waals surface area (Å²) in [6.07, 6.45) is 0. The highest BCUT2D eigenvalue weighted by Gasteiger charge is 2.39. The van der Waals surface area contributed by atoms with E-state index < -0.39 is 0 Å². The standard InChI is InChI=1S/C60H46N2/c1-59(2)48-28-13-8-23-42(48)47-38-39(36-37-50(47)59)41-22-10-15-31-52(41)62(56-35-19-30-51-58(56)45-25-9-14-29-49(45)60(51,3)4)53-32-16-11-24-43(53)44-27-18-34-55-57(44)46-26-12-17-33-54(46)61(55)40-20-6-5-7-21-40/h5-38H,1-4H3. The highest BCUT2D eigenvalue weighted by atomic mass is 15.2. The maximum Gasteiger partial charge on any atom is 0.0547 e. The zero-order valence-corrected chi connectivity index (χ0v) is 35.5. The van der Waals surface area contributed by atoms with Crippen LogP contribution in [0.4, 0.5) is 17.1 Å². The Balaban J connectivity index is 1.15. The molecule has 296 valence electrons. The molecule has 10 aromatic rings. The van der Waals surface area contributed by atoms with Crippen LogP contribution in [0, 0.1) is 0 Å². The van der Waals surface area contributed by atoms with Gasteiger partial charge in [0.05, 0.1) is 28.1 Å². The van der Waals surface area contributed by atoms with Gasteiger partial charge in [-0.2, -0.15) is 0 Å². The van der Waals surface area contributed by atoms with E-state index in [2.05, 4.69) is 243 Å². The summed E-state index contributed by atoms with van der Waals surface area (Å²) in [6.45, 7) is 9.47. The number of aromatic nitrogens is 1. The smallest absolute Gasteiger partial charge is 0.0547 e. The highest BCUT2D eigenvalue weighted by molar-refractivity contribution is 6.17. The third-order valence-electron chi connectivity index (χ3n) is 14.0. The van der Waals surface area contributed by atoms with Gasteiger partial charge < -0.3 is 9.47 Å². The van der Waals surface area contributed by atoms with Crippen molar-refractivity contribution < 1.29 is 0 Å². The minimum absolute atomic E-state index is 0.0651. The van der Waals surface area contributed by atoms with Crippen LogP contribution < -0.4 is 4.90 Å². The molecular weight excluding hydrogens is 749 g/mol. The van der Waals surface area contributed by atoms with E-state index in [9.17, 15) is 0 Å². The Morgan fingerprint density at radius 1 is 0.355 bits per heavy atom. The molecule has 2 heteroatoms. The molecule has 0 atom stereocenters. The summed E-state index contributed by atoms with van der Waals surface area (Å²) in [7, 11) is 0. The van der Waals surface area contributed by atoms with Gasteiger partial charge in [-0.05, 0) is 98.6 Å². The average molecular weight is 795 g/mol. The zero-order chi connectivity index (χ0) is 41.7. The second-order valence-corrected chi connectivity index (χ2v) is 18.1. The molecule has 0 fully saturated rings. The molecule has 62 heavy (non-hydrogen) atoms. The monoisotopic (exact) mass is 794 g/mol. The van der Waals surface area contributed by atoms with Crippen molar-refractivity contribution in [3.8, 4) is 50.2 Å². The molecule has 12 rings (SSSR count). The second kappa shape index (κ2) is 13.5. The first-order valence-corrected chi connectivity index (χ1v) is 21.9. The van der Waals surface area contributed by atoms with Crippen LogP contribution in [-0.4, -0.2) is 4.57 Å². The summed E-state index contributed by atoms with van der Waals surface area (Å²) in [5, 5.41) is 2.48. The van der Waals surface area contributed by atoms with Gasteiger partial charge in [0.15, 0.2) is 0 Å². The highest BCUT2D eigenvalue weighted by Crippen LogP contribution is 2.57. The first-order chi connectivity index (χ1) is 30.3. The SMILES string of the molecule is CC1(C)c2ccccc2-c2cc(-c3ccccc3N(c3ccccc3-c3cccc4c3c3ccccc3n4-c3ccccc3)c3cccc4c3-c3ccccc3C4(C)C)ccc21. The number of nitrogens with zero attached hydrogens (tertiary/aromatic N) is 2. The van der Waals surface area contributed by atoms with E-state index in [0.29, 0.717) is 0 Å². The largest absolute Gasteiger partial charge is 0.309 e. The van der Waals surface area contributed by atoms with Gasteiger partial charge in [0.25, 0.3) is 0 Å². The van der Waals surface area contributed by atoms with Crippen LogP contribution >= 0.6 is 0 Å². The Hall–Kier alpha value is -7.42. The number of rotatable bonds is 6. The van der Waals surface area contributed by atoms with Gasteiger partial charge in [-0.1, -0.05) is 185 Å². The maximum atomic E-state index is 2.57. The quantitative estimate of drug-likeness (QED) is 0.163. The van der Waals surface area contributed by atoms with Gasteiger partial charge in [0, 0.05) is 44.0 Å². The van der Waals surface area contributed by atoms with E-state index in [1.54, 1.807) is 0 Å². The summed E-state index contributed by atoms with van der Waals surface area (Å²) in [5.74, 6) is 0. The minimum Gasteiger partial charge on any atom is -0.309 e. The molecule has 2 nitrogen and oxygen atoms in total. The van der Waals surface area contributed by atoms with E-state index >= 15 is 0 Å². The fourth-order valence-corrected chi connectivity index (χ4v) is 11.1. The fourth-order valence-electron chi connectivity index (χ4n) is 11.1. The Bertz CT molecular complexity index is 3420. The van der Waals surface area contributed by atoms with E-state index in [-0.39, 0.29) is 10.8 Å². The van der Waals surface area contributed by atoms with Crippen LogP contribution in [0.3, 0.4) is 0 Å². The first-order valence-electron chi connectivity index (χ1n) is 21.9. The van der Waals surface area contributed by atoms with Gasteiger partial charge >= 0.3 is 0 Å². The molecule has 0 amide bonds. The van der Waals surface area contributed by atoms with Crippen molar-refractivity contribution in [2.75, 3.05) is 4.90 Å². The lowest BCUT2D eigenvalue weighted by molar-refractivity contribution is 0.660. The summed E-state index contributed by atoms with van der Waals surface area (Å²) in [6, 6.07) is 76.6. The molecule has 1 aromatic heterocycles. The number of para-hydroxylation sites is 4. The van der Waals surface area contributed by atoms with Crippen molar-refractivity contribution in [1.82, 2.24) is 4.57 Å². The van der Waals surface area contributed by atoms with Crippen LogP contribution in [0.2, 0.25) is 0 Å². The van der Waals surface area contributed by atoms with Crippen molar-refractivity contribution in [2.45, 2.75) is 38.5 Å². The van der Waals surface area contributed by atoms with Crippen LogP contribution in [0.15, 0.2) is 206 Å². The predicted octanol–water partition coefficient (Wildman–Crippen LogP) is 16.2.